The Morgan fingerprint density at radius 3 is 2.89 bits per heavy atom. The van der Waals surface area contributed by atoms with Gasteiger partial charge < -0.3 is 0 Å². The maximum Gasteiger partial charge on any atom is 0.150 e. The second-order valence-corrected chi connectivity index (χ2v) is 8.25. The topological polar surface area (TPSA) is 52.0 Å². The molecule has 0 N–H and O–H groups in total. The summed E-state index contributed by atoms with van der Waals surface area (Å²) in [5.74, 6) is 0. The normalized spacial score (nSPS) is 26.3. The Morgan fingerprint density at radius 1 is 1.53 bits per heavy atom. The van der Waals surface area contributed by atoms with Gasteiger partial charge in [0.15, 0.2) is 0 Å². The first kappa shape index (κ1) is 14.9. The van der Waals surface area contributed by atoms with E-state index in [0.717, 1.165) is 31.2 Å². The minimum Gasteiger partial charge on any atom is -0.269 e. The lowest BCUT2D eigenvalue weighted by Gasteiger charge is -2.28. The van der Waals surface area contributed by atoms with Gasteiger partial charge in [-0.15, -0.1) is 11.6 Å². The average molecular weight is 305 g/mol. The van der Waals surface area contributed by atoms with Crippen LogP contribution in [0.5, 0.6) is 0 Å². The monoisotopic (exact) mass is 304 g/mol. The van der Waals surface area contributed by atoms with E-state index in [1.165, 1.54) is 6.26 Å². The number of nitrogens with zero attached hydrogens (tertiary/aromatic N) is 2. The van der Waals surface area contributed by atoms with E-state index in [1.54, 1.807) is 6.20 Å². The Balaban J connectivity index is 2.11. The molecule has 0 amide bonds. The highest BCUT2D eigenvalue weighted by Gasteiger charge is 2.30. The lowest BCUT2D eigenvalue weighted by Crippen LogP contribution is -2.29. The van der Waals surface area contributed by atoms with Gasteiger partial charge in [0, 0.05) is 18.0 Å². The van der Waals surface area contributed by atoms with Gasteiger partial charge in [-0.2, -0.15) is 5.10 Å². The van der Waals surface area contributed by atoms with Crippen LogP contribution in [-0.2, 0) is 9.84 Å². The second kappa shape index (κ2) is 5.83. The second-order valence-electron chi connectivity index (χ2n) is 5.40. The van der Waals surface area contributed by atoms with E-state index in [9.17, 15) is 8.42 Å². The zero-order valence-electron chi connectivity index (χ0n) is 11.4. The van der Waals surface area contributed by atoms with E-state index in [0.29, 0.717) is 6.42 Å². The van der Waals surface area contributed by atoms with Crippen LogP contribution in [0.2, 0.25) is 0 Å². The fourth-order valence-electron chi connectivity index (χ4n) is 2.70. The molecule has 0 bridgehead atoms. The zero-order chi connectivity index (χ0) is 14.0. The molecule has 3 atom stereocenters. The first-order valence-electron chi connectivity index (χ1n) is 6.78. The van der Waals surface area contributed by atoms with Crippen LogP contribution in [0.25, 0.3) is 0 Å². The number of aromatic nitrogens is 2. The van der Waals surface area contributed by atoms with Gasteiger partial charge in [-0.25, -0.2) is 8.42 Å². The van der Waals surface area contributed by atoms with Gasteiger partial charge >= 0.3 is 0 Å². The summed E-state index contributed by atoms with van der Waals surface area (Å²) in [6, 6.07) is 0.183. The highest BCUT2D eigenvalue weighted by atomic mass is 35.5. The number of hydrogen-bond donors (Lipinski definition) is 0. The van der Waals surface area contributed by atoms with Crippen molar-refractivity contribution >= 4 is 21.4 Å². The maximum atomic E-state index is 11.7. The fourth-order valence-corrected chi connectivity index (χ4v) is 3.98. The molecule has 0 radical (unpaired) electrons. The van der Waals surface area contributed by atoms with E-state index >= 15 is 0 Å². The Morgan fingerprint density at radius 2 is 2.26 bits per heavy atom. The van der Waals surface area contributed by atoms with Crippen LogP contribution in [-0.4, -0.2) is 29.7 Å². The van der Waals surface area contributed by atoms with Gasteiger partial charge in [-0.05, 0) is 25.7 Å². The van der Waals surface area contributed by atoms with Crippen LogP contribution >= 0.6 is 11.6 Å². The van der Waals surface area contributed by atoms with Crippen molar-refractivity contribution in [1.82, 2.24) is 9.78 Å². The molecule has 108 valence electrons. The van der Waals surface area contributed by atoms with Crippen LogP contribution in [0.15, 0.2) is 12.4 Å². The molecular weight excluding hydrogens is 284 g/mol. The van der Waals surface area contributed by atoms with Crippen LogP contribution < -0.4 is 0 Å². The largest absolute Gasteiger partial charge is 0.269 e. The summed E-state index contributed by atoms with van der Waals surface area (Å²) in [6.45, 7) is 2.04. The summed E-state index contributed by atoms with van der Waals surface area (Å²) in [5, 5.41) is 4.13. The molecule has 19 heavy (non-hydrogen) atoms. The van der Waals surface area contributed by atoms with Gasteiger partial charge in [-0.1, -0.05) is 13.3 Å². The Hall–Kier alpha value is -0.550. The summed E-state index contributed by atoms with van der Waals surface area (Å²) in [4.78, 5) is 0. The molecule has 0 aromatic carbocycles. The smallest absolute Gasteiger partial charge is 0.150 e. The summed E-state index contributed by atoms with van der Waals surface area (Å²) in [6.07, 6.45) is 9.34. The highest BCUT2D eigenvalue weighted by Crippen LogP contribution is 2.32. The minimum atomic E-state index is -2.95. The molecule has 1 saturated carbocycles. The predicted molar refractivity (Wildman–Crippen MR) is 77.2 cm³/mol. The first-order chi connectivity index (χ1) is 8.91. The quantitative estimate of drug-likeness (QED) is 0.803. The summed E-state index contributed by atoms with van der Waals surface area (Å²) < 4.78 is 25.2. The maximum absolute atomic E-state index is 11.7. The Kier molecular flexibility index (Phi) is 4.56. The van der Waals surface area contributed by atoms with E-state index in [2.05, 4.69) is 5.10 Å². The minimum absolute atomic E-state index is 0.0111. The molecule has 1 fully saturated rings. The fraction of sp³-hybridized carbons (Fsp3) is 0.769. The van der Waals surface area contributed by atoms with Gasteiger partial charge in [0.2, 0.25) is 0 Å². The van der Waals surface area contributed by atoms with Crippen molar-refractivity contribution in [1.29, 1.82) is 0 Å². The van der Waals surface area contributed by atoms with Crippen LogP contribution in [0.4, 0.5) is 0 Å². The molecule has 0 saturated heterocycles. The van der Waals surface area contributed by atoms with Gasteiger partial charge in [0.25, 0.3) is 0 Å². The average Bonchev–Trinajstić information content (AvgIpc) is 2.86. The predicted octanol–water partition coefficient (Wildman–Crippen LogP) is 3.10. The summed E-state index contributed by atoms with van der Waals surface area (Å²) >= 11 is 6.19. The molecule has 1 aliphatic rings. The molecule has 0 aliphatic heterocycles. The van der Waals surface area contributed by atoms with Crippen molar-refractivity contribution < 1.29 is 8.42 Å². The standard InChI is InChI=1S/C13H21ClN2O2S/c1-3-13(14)10-8-15-16(9-10)11-5-4-6-12(7-11)19(2,17)18/h8-9,11-13H,3-7H2,1-2H3. The van der Waals surface area contributed by atoms with Crippen molar-refractivity contribution in [3.63, 3.8) is 0 Å². The third-order valence-electron chi connectivity index (χ3n) is 3.92. The molecule has 1 aromatic rings. The van der Waals surface area contributed by atoms with Gasteiger partial charge in [-0.3, -0.25) is 4.68 Å². The third-order valence-corrected chi connectivity index (χ3v) is 6.12. The van der Waals surface area contributed by atoms with Crippen molar-refractivity contribution in [2.24, 2.45) is 0 Å². The summed E-state index contributed by atoms with van der Waals surface area (Å²) in [7, 11) is -2.95. The van der Waals surface area contributed by atoms with Crippen LogP contribution in [0.1, 0.15) is 56.0 Å². The van der Waals surface area contributed by atoms with Gasteiger partial charge in [0.05, 0.1) is 22.9 Å². The molecule has 4 nitrogen and oxygen atoms in total. The molecule has 1 heterocycles. The lowest BCUT2D eigenvalue weighted by atomic mass is 9.95. The lowest BCUT2D eigenvalue weighted by molar-refractivity contribution is 0.329. The molecule has 6 heteroatoms. The van der Waals surface area contributed by atoms with Crippen molar-refractivity contribution in [3.8, 4) is 0 Å². The summed E-state index contributed by atoms with van der Waals surface area (Å²) in [5.41, 5.74) is 1.02. The van der Waals surface area contributed by atoms with Crippen molar-refractivity contribution in [2.75, 3.05) is 6.26 Å². The molecule has 3 unspecified atom stereocenters. The number of sulfone groups is 1. The molecule has 2 rings (SSSR count). The Labute approximate surface area is 120 Å². The van der Waals surface area contributed by atoms with Gasteiger partial charge in [0.1, 0.15) is 9.84 Å². The van der Waals surface area contributed by atoms with Crippen molar-refractivity contribution in [3.05, 3.63) is 18.0 Å². The number of rotatable bonds is 4. The number of halogens is 1. The Bertz CT molecular complexity index is 527. The molecule has 0 spiro atoms. The molecule has 1 aromatic heterocycles. The zero-order valence-corrected chi connectivity index (χ0v) is 13.0. The van der Waals surface area contributed by atoms with Crippen molar-refractivity contribution in [2.45, 2.75) is 55.7 Å². The van der Waals surface area contributed by atoms with E-state index in [-0.39, 0.29) is 16.7 Å². The van der Waals surface area contributed by atoms with Crippen LogP contribution in [0.3, 0.4) is 0 Å². The first-order valence-corrected chi connectivity index (χ1v) is 9.18. The van der Waals surface area contributed by atoms with E-state index in [4.69, 9.17) is 11.6 Å². The number of hydrogen-bond acceptors (Lipinski definition) is 3. The number of alkyl halides is 1. The van der Waals surface area contributed by atoms with Crippen LogP contribution in [0, 0.1) is 0 Å². The SMILES string of the molecule is CCC(Cl)c1cnn(C2CCCC(S(C)(=O)=O)C2)c1. The van der Waals surface area contributed by atoms with E-state index in [1.807, 2.05) is 17.8 Å². The third kappa shape index (κ3) is 3.51. The van der Waals surface area contributed by atoms with E-state index < -0.39 is 9.84 Å². The molecular formula is C13H21ClN2O2S. The molecule has 1 aliphatic carbocycles. The highest BCUT2D eigenvalue weighted by molar-refractivity contribution is 7.91.